The molecule has 2 aromatic carbocycles. The third-order valence-corrected chi connectivity index (χ3v) is 4.07. The summed E-state index contributed by atoms with van der Waals surface area (Å²) in [6.07, 6.45) is 0.449. The van der Waals surface area contributed by atoms with Gasteiger partial charge in [0.2, 0.25) is 5.91 Å². The highest BCUT2D eigenvalue weighted by Crippen LogP contribution is 2.20. The van der Waals surface area contributed by atoms with Gasteiger partial charge in [0.05, 0.1) is 10.7 Å². The van der Waals surface area contributed by atoms with E-state index in [1.54, 1.807) is 6.07 Å². The van der Waals surface area contributed by atoms with Gasteiger partial charge >= 0.3 is 0 Å². The molecule has 0 aliphatic rings. The van der Waals surface area contributed by atoms with E-state index in [1.165, 1.54) is 11.1 Å². The van der Waals surface area contributed by atoms with Crippen molar-refractivity contribution < 1.29 is 4.79 Å². The van der Waals surface area contributed by atoms with E-state index >= 15 is 0 Å². The van der Waals surface area contributed by atoms with Crippen LogP contribution in [0.1, 0.15) is 24.5 Å². The summed E-state index contributed by atoms with van der Waals surface area (Å²) in [6, 6.07) is 15.8. The molecule has 0 spiro atoms. The minimum Gasteiger partial charge on any atom is -0.325 e. The smallest absolute Gasteiger partial charge is 0.225 e. The van der Waals surface area contributed by atoms with Crippen molar-refractivity contribution in [3.8, 4) is 0 Å². The van der Waals surface area contributed by atoms with Crippen LogP contribution < -0.4 is 5.32 Å². The first-order valence-electron chi connectivity index (χ1n) is 7.90. The molecule has 3 nitrogen and oxygen atoms in total. The Kier molecular flexibility index (Phi) is 6.63. The number of hydrogen-bond acceptors (Lipinski definition) is 2. The average Bonchev–Trinajstić information content (AvgIpc) is 2.53. The van der Waals surface area contributed by atoms with Gasteiger partial charge in [0.1, 0.15) is 0 Å². The maximum Gasteiger partial charge on any atom is 0.225 e. The van der Waals surface area contributed by atoms with Crippen LogP contribution in [0.25, 0.3) is 0 Å². The molecule has 2 aromatic rings. The normalized spacial score (nSPS) is 10.8. The summed E-state index contributed by atoms with van der Waals surface area (Å²) in [5.41, 5.74) is 3.20. The Balaban J connectivity index is 1.85. The Morgan fingerprint density at radius 2 is 1.96 bits per heavy atom. The number of aryl methyl sites for hydroxylation is 1. The first-order chi connectivity index (χ1) is 11.1. The van der Waals surface area contributed by atoms with Crippen molar-refractivity contribution in [1.82, 2.24) is 4.90 Å². The molecule has 0 heterocycles. The highest BCUT2D eigenvalue weighted by Gasteiger charge is 2.09. The van der Waals surface area contributed by atoms with Crippen LogP contribution in [0.2, 0.25) is 5.02 Å². The van der Waals surface area contributed by atoms with Gasteiger partial charge in [-0.1, -0.05) is 60.5 Å². The fraction of sp³-hybridized carbons (Fsp3) is 0.316. The molecule has 1 amide bonds. The Bertz CT molecular complexity index is 657. The van der Waals surface area contributed by atoms with Gasteiger partial charge in [-0.25, -0.2) is 0 Å². The van der Waals surface area contributed by atoms with Crippen molar-refractivity contribution in [3.05, 3.63) is 64.7 Å². The summed E-state index contributed by atoms with van der Waals surface area (Å²) in [5.74, 6) is -0.0132. The van der Waals surface area contributed by atoms with Gasteiger partial charge in [-0.3, -0.25) is 9.69 Å². The van der Waals surface area contributed by atoms with E-state index in [0.29, 0.717) is 17.1 Å². The molecule has 0 saturated heterocycles. The molecule has 0 bridgehead atoms. The lowest BCUT2D eigenvalue weighted by atomic mass is 10.1. The highest BCUT2D eigenvalue weighted by atomic mass is 35.5. The Hall–Kier alpha value is -1.84. The average molecular weight is 331 g/mol. The number of para-hydroxylation sites is 1. The van der Waals surface area contributed by atoms with E-state index in [2.05, 4.69) is 48.3 Å². The van der Waals surface area contributed by atoms with Gasteiger partial charge in [0.25, 0.3) is 0 Å². The third kappa shape index (κ3) is 5.70. The SMILES string of the molecule is CCN(CCC(=O)Nc1ccccc1Cl)Cc1cccc(C)c1. The van der Waals surface area contributed by atoms with E-state index in [4.69, 9.17) is 11.6 Å². The first-order valence-corrected chi connectivity index (χ1v) is 8.28. The standard InChI is InChI=1S/C19H23ClN2O/c1-3-22(14-16-8-6-7-15(2)13-16)12-11-19(23)21-18-10-5-4-9-17(18)20/h4-10,13H,3,11-12,14H2,1-2H3,(H,21,23). The van der Waals surface area contributed by atoms with Crippen molar-refractivity contribution in [3.63, 3.8) is 0 Å². The topological polar surface area (TPSA) is 32.3 Å². The lowest BCUT2D eigenvalue weighted by Gasteiger charge is -2.20. The van der Waals surface area contributed by atoms with Crippen LogP contribution in [0.15, 0.2) is 48.5 Å². The molecule has 0 aliphatic carbocycles. The quantitative estimate of drug-likeness (QED) is 0.810. The van der Waals surface area contributed by atoms with E-state index in [0.717, 1.165) is 19.6 Å². The number of rotatable bonds is 7. The third-order valence-electron chi connectivity index (χ3n) is 3.74. The number of anilines is 1. The molecule has 0 unspecified atom stereocenters. The van der Waals surface area contributed by atoms with Gasteiger partial charge in [0, 0.05) is 19.5 Å². The summed E-state index contributed by atoms with van der Waals surface area (Å²) in [5, 5.41) is 3.43. The van der Waals surface area contributed by atoms with Crippen molar-refractivity contribution in [2.24, 2.45) is 0 Å². The predicted molar refractivity (Wildman–Crippen MR) is 96.8 cm³/mol. The summed E-state index contributed by atoms with van der Waals surface area (Å²) in [4.78, 5) is 14.4. The van der Waals surface area contributed by atoms with Gasteiger partial charge < -0.3 is 5.32 Å². The van der Waals surface area contributed by atoms with Crippen molar-refractivity contribution in [1.29, 1.82) is 0 Å². The zero-order valence-corrected chi connectivity index (χ0v) is 14.4. The zero-order valence-electron chi connectivity index (χ0n) is 13.7. The Morgan fingerprint density at radius 3 is 2.65 bits per heavy atom. The maximum atomic E-state index is 12.1. The fourth-order valence-corrected chi connectivity index (χ4v) is 2.64. The molecular formula is C19H23ClN2O. The van der Waals surface area contributed by atoms with Crippen LogP contribution in [0, 0.1) is 6.92 Å². The van der Waals surface area contributed by atoms with Crippen LogP contribution in [-0.4, -0.2) is 23.9 Å². The number of carbonyl (C=O) groups excluding carboxylic acids is 1. The first kappa shape index (κ1) is 17.5. The van der Waals surface area contributed by atoms with Gasteiger partial charge in [-0.2, -0.15) is 0 Å². The molecule has 23 heavy (non-hydrogen) atoms. The molecule has 0 radical (unpaired) electrons. The number of benzene rings is 2. The molecule has 2 rings (SSSR count). The maximum absolute atomic E-state index is 12.1. The number of halogens is 1. The Morgan fingerprint density at radius 1 is 1.17 bits per heavy atom. The molecule has 0 fully saturated rings. The summed E-state index contributed by atoms with van der Waals surface area (Å²) < 4.78 is 0. The molecule has 0 saturated carbocycles. The second-order valence-corrected chi connectivity index (χ2v) is 6.04. The predicted octanol–water partition coefficient (Wildman–Crippen LogP) is 4.50. The summed E-state index contributed by atoms with van der Waals surface area (Å²) in [7, 11) is 0. The van der Waals surface area contributed by atoms with Crippen LogP contribution in [0.4, 0.5) is 5.69 Å². The lowest BCUT2D eigenvalue weighted by molar-refractivity contribution is -0.116. The number of nitrogens with one attached hydrogen (secondary N) is 1. The van der Waals surface area contributed by atoms with E-state index in [1.807, 2.05) is 18.2 Å². The van der Waals surface area contributed by atoms with E-state index in [-0.39, 0.29) is 5.91 Å². The zero-order chi connectivity index (χ0) is 16.7. The summed E-state index contributed by atoms with van der Waals surface area (Å²) >= 11 is 6.06. The minimum atomic E-state index is -0.0132. The molecule has 4 heteroatoms. The highest BCUT2D eigenvalue weighted by molar-refractivity contribution is 6.33. The van der Waals surface area contributed by atoms with Gasteiger partial charge in [-0.15, -0.1) is 0 Å². The number of amides is 1. The minimum absolute atomic E-state index is 0.0132. The van der Waals surface area contributed by atoms with Crippen molar-refractivity contribution >= 4 is 23.2 Å². The number of hydrogen-bond donors (Lipinski definition) is 1. The number of nitrogens with zero attached hydrogens (tertiary/aromatic N) is 1. The van der Waals surface area contributed by atoms with E-state index in [9.17, 15) is 4.79 Å². The van der Waals surface area contributed by atoms with Crippen molar-refractivity contribution in [2.75, 3.05) is 18.4 Å². The van der Waals surface area contributed by atoms with Crippen molar-refractivity contribution in [2.45, 2.75) is 26.8 Å². The van der Waals surface area contributed by atoms with Gasteiger partial charge in [0.15, 0.2) is 0 Å². The molecule has 1 N–H and O–H groups in total. The monoisotopic (exact) mass is 330 g/mol. The van der Waals surface area contributed by atoms with E-state index < -0.39 is 0 Å². The molecule has 0 aromatic heterocycles. The Labute approximate surface area is 143 Å². The second kappa shape index (κ2) is 8.70. The van der Waals surface area contributed by atoms with Crippen LogP contribution in [0.3, 0.4) is 0 Å². The summed E-state index contributed by atoms with van der Waals surface area (Å²) in [6.45, 7) is 6.70. The van der Waals surface area contributed by atoms with Gasteiger partial charge in [-0.05, 0) is 31.2 Å². The van der Waals surface area contributed by atoms with Crippen LogP contribution >= 0.6 is 11.6 Å². The molecular weight excluding hydrogens is 308 g/mol. The molecule has 122 valence electrons. The van der Waals surface area contributed by atoms with Crippen LogP contribution in [0.5, 0.6) is 0 Å². The number of carbonyl (C=O) groups is 1. The molecule has 0 atom stereocenters. The molecule has 0 aliphatic heterocycles. The van der Waals surface area contributed by atoms with Crippen LogP contribution in [-0.2, 0) is 11.3 Å². The largest absolute Gasteiger partial charge is 0.325 e. The fourth-order valence-electron chi connectivity index (χ4n) is 2.45. The lowest BCUT2D eigenvalue weighted by Crippen LogP contribution is -2.27. The second-order valence-electron chi connectivity index (χ2n) is 5.64.